The summed E-state index contributed by atoms with van der Waals surface area (Å²) in [5.41, 5.74) is 0.848. The van der Waals surface area contributed by atoms with Gasteiger partial charge in [-0.1, -0.05) is 12.1 Å². The lowest BCUT2D eigenvalue weighted by Gasteiger charge is -2.38. The molecule has 3 atom stereocenters. The molecule has 2 aromatic rings. The summed E-state index contributed by atoms with van der Waals surface area (Å²) in [7, 11) is -2.48. The summed E-state index contributed by atoms with van der Waals surface area (Å²) in [6, 6.07) is 3.71. The molecule has 0 unspecified atom stereocenters. The molecule has 0 saturated heterocycles. The Bertz CT molecular complexity index is 1260. The Hall–Kier alpha value is -3.16. The number of nitrogens with zero attached hydrogens (tertiary/aromatic N) is 3. The second-order valence-electron chi connectivity index (χ2n) is 10.0. The van der Waals surface area contributed by atoms with E-state index in [2.05, 4.69) is 15.8 Å². The van der Waals surface area contributed by atoms with Crippen LogP contribution in [0.4, 0.5) is 10.5 Å². The van der Waals surface area contributed by atoms with Gasteiger partial charge in [0.15, 0.2) is 5.76 Å². The number of hydrogen-bond donors (Lipinski definition) is 3. The van der Waals surface area contributed by atoms with Crippen LogP contribution < -0.4 is 15.4 Å². The Morgan fingerprint density at radius 3 is 2.55 bits per heavy atom. The molecule has 0 fully saturated rings. The lowest BCUT2D eigenvalue weighted by atomic mass is 9.99. The van der Waals surface area contributed by atoms with Gasteiger partial charge < -0.3 is 29.9 Å². The van der Waals surface area contributed by atoms with E-state index in [0.717, 1.165) is 0 Å². The highest BCUT2D eigenvalue weighted by Gasteiger charge is 2.36. The van der Waals surface area contributed by atoms with E-state index in [0.29, 0.717) is 5.69 Å². The quantitative estimate of drug-likeness (QED) is 0.452. The van der Waals surface area contributed by atoms with Crippen LogP contribution in [0.25, 0.3) is 0 Å². The number of hydrogen-bond acceptors (Lipinski definition) is 8. The SMILES string of the molecule is Cc1noc(C)c1S(=O)(=O)N(C)C[C@H]1Oc2ccc(NC(=O)NC(C)C)cc2C(=O)N([C@H](C)CO)C[C@@H]1C. The summed E-state index contributed by atoms with van der Waals surface area (Å²) >= 11 is 0. The number of carbonyl (C=O) groups is 2. The monoisotopic (exact) mass is 551 g/mol. The van der Waals surface area contributed by atoms with Gasteiger partial charge in [0, 0.05) is 31.2 Å². The molecule has 1 aromatic carbocycles. The first kappa shape index (κ1) is 29.4. The van der Waals surface area contributed by atoms with Crippen molar-refractivity contribution in [3.8, 4) is 5.75 Å². The molecule has 3 amide bonds. The average Bonchev–Trinajstić information content (AvgIpc) is 3.18. The molecule has 13 heteroatoms. The number of nitrogens with one attached hydrogen (secondary N) is 2. The molecule has 12 nitrogen and oxygen atoms in total. The number of aliphatic hydroxyl groups is 1. The topological polar surface area (TPSA) is 154 Å². The lowest BCUT2D eigenvalue weighted by molar-refractivity contribution is 0.0387. The van der Waals surface area contributed by atoms with Gasteiger partial charge in [-0.15, -0.1) is 0 Å². The summed E-state index contributed by atoms with van der Waals surface area (Å²) in [5, 5.41) is 19.0. The minimum Gasteiger partial charge on any atom is -0.488 e. The van der Waals surface area contributed by atoms with Crippen molar-refractivity contribution < 1.29 is 32.4 Å². The number of anilines is 1. The Labute approximate surface area is 223 Å². The smallest absolute Gasteiger partial charge is 0.319 e. The third-order valence-electron chi connectivity index (χ3n) is 6.42. The van der Waals surface area contributed by atoms with Gasteiger partial charge in [0.05, 0.1) is 24.8 Å². The van der Waals surface area contributed by atoms with Crippen molar-refractivity contribution in [2.45, 2.75) is 64.6 Å². The molecule has 0 bridgehead atoms. The standard InChI is InChI=1S/C25H37N5O7S/c1-14(2)26-25(33)27-19-8-9-21-20(10-19)24(32)30(16(4)13-31)11-15(3)22(36-21)12-29(7)38(34,35)23-17(5)28-37-18(23)6/h8-10,14-16,22,31H,11-13H2,1-7H3,(H2,26,27,33)/t15-,16+,22+/m0/s1. The van der Waals surface area contributed by atoms with Gasteiger partial charge in [0.2, 0.25) is 10.0 Å². The number of likely N-dealkylation sites (N-methyl/N-ethyl adjacent to an activating group) is 1. The van der Waals surface area contributed by atoms with Crippen LogP contribution in [0, 0.1) is 19.8 Å². The fourth-order valence-electron chi connectivity index (χ4n) is 4.30. The number of aromatic nitrogens is 1. The first-order valence-electron chi connectivity index (χ1n) is 12.5. The van der Waals surface area contributed by atoms with E-state index in [1.165, 1.54) is 17.4 Å². The molecule has 1 aliphatic rings. The van der Waals surface area contributed by atoms with Crippen LogP contribution in [-0.2, 0) is 10.0 Å². The third kappa shape index (κ3) is 6.27. The number of aliphatic hydroxyl groups excluding tert-OH is 1. The molecule has 0 aliphatic carbocycles. The predicted molar refractivity (Wildman–Crippen MR) is 141 cm³/mol. The van der Waals surface area contributed by atoms with E-state index >= 15 is 0 Å². The van der Waals surface area contributed by atoms with Crippen LogP contribution in [0.15, 0.2) is 27.6 Å². The number of benzene rings is 1. The van der Waals surface area contributed by atoms with Gasteiger partial charge in [-0.25, -0.2) is 13.2 Å². The van der Waals surface area contributed by atoms with E-state index in [4.69, 9.17) is 9.26 Å². The van der Waals surface area contributed by atoms with Gasteiger partial charge in [-0.2, -0.15) is 4.31 Å². The molecular formula is C25H37N5O7S. The van der Waals surface area contributed by atoms with Crippen molar-refractivity contribution in [1.29, 1.82) is 0 Å². The minimum atomic E-state index is -3.93. The Morgan fingerprint density at radius 1 is 1.29 bits per heavy atom. The van der Waals surface area contributed by atoms with Crippen LogP contribution >= 0.6 is 0 Å². The van der Waals surface area contributed by atoms with Crippen molar-refractivity contribution in [1.82, 2.24) is 19.7 Å². The van der Waals surface area contributed by atoms with Gasteiger partial charge in [-0.05, 0) is 52.8 Å². The average molecular weight is 552 g/mol. The molecule has 0 saturated carbocycles. The molecule has 210 valence electrons. The van der Waals surface area contributed by atoms with Crippen molar-refractivity contribution >= 4 is 27.6 Å². The summed E-state index contributed by atoms with van der Waals surface area (Å²) in [5.74, 6) is -0.212. The van der Waals surface area contributed by atoms with E-state index in [1.54, 1.807) is 37.8 Å². The number of fused-ring (bicyclic) bond motifs is 1. The normalized spacial score (nSPS) is 19.0. The molecular weight excluding hydrogens is 514 g/mol. The second-order valence-corrected chi connectivity index (χ2v) is 12.0. The molecule has 0 radical (unpaired) electrons. The number of aryl methyl sites for hydroxylation is 2. The van der Waals surface area contributed by atoms with Crippen molar-refractivity contribution in [2.75, 3.05) is 32.1 Å². The van der Waals surface area contributed by atoms with Crippen LogP contribution in [0.1, 0.15) is 49.5 Å². The van der Waals surface area contributed by atoms with Gasteiger partial charge in [0.25, 0.3) is 5.91 Å². The van der Waals surface area contributed by atoms with E-state index in [9.17, 15) is 23.1 Å². The Kier molecular flexibility index (Phi) is 9.05. The highest BCUT2D eigenvalue weighted by Crippen LogP contribution is 2.31. The van der Waals surface area contributed by atoms with Crippen molar-refractivity contribution in [3.05, 3.63) is 35.2 Å². The Morgan fingerprint density at radius 2 is 1.97 bits per heavy atom. The largest absolute Gasteiger partial charge is 0.488 e. The fourth-order valence-corrected chi connectivity index (χ4v) is 5.76. The maximum Gasteiger partial charge on any atom is 0.319 e. The highest BCUT2D eigenvalue weighted by molar-refractivity contribution is 7.89. The molecule has 3 rings (SSSR count). The predicted octanol–water partition coefficient (Wildman–Crippen LogP) is 2.36. The summed E-state index contributed by atoms with van der Waals surface area (Å²) in [6.07, 6.45) is -0.640. The Balaban J connectivity index is 1.97. The van der Waals surface area contributed by atoms with Crippen LogP contribution in [0.2, 0.25) is 0 Å². The van der Waals surface area contributed by atoms with Gasteiger partial charge in [0.1, 0.15) is 22.4 Å². The first-order chi connectivity index (χ1) is 17.8. The molecule has 1 aromatic heterocycles. The minimum absolute atomic E-state index is 0.0139. The van der Waals surface area contributed by atoms with Gasteiger partial charge in [-0.3, -0.25) is 4.79 Å². The number of urea groups is 1. The van der Waals surface area contributed by atoms with E-state index in [-0.39, 0.29) is 65.2 Å². The first-order valence-corrected chi connectivity index (χ1v) is 13.9. The van der Waals surface area contributed by atoms with Crippen LogP contribution in [-0.4, -0.2) is 84.8 Å². The van der Waals surface area contributed by atoms with E-state index in [1.807, 2.05) is 20.8 Å². The number of amides is 3. The zero-order valence-electron chi connectivity index (χ0n) is 22.8. The number of ether oxygens (including phenoxy) is 1. The number of carbonyl (C=O) groups excluding carboxylic acids is 2. The summed E-state index contributed by atoms with van der Waals surface area (Å²) in [6.45, 7) is 10.3. The summed E-state index contributed by atoms with van der Waals surface area (Å²) in [4.78, 5) is 27.3. The van der Waals surface area contributed by atoms with E-state index < -0.39 is 28.2 Å². The summed E-state index contributed by atoms with van der Waals surface area (Å²) < 4.78 is 39.2. The molecule has 3 N–H and O–H groups in total. The maximum atomic E-state index is 13.6. The molecule has 38 heavy (non-hydrogen) atoms. The highest BCUT2D eigenvalue weighted by atomic mass is 32.2. The molecule has 0 spiro atoms. The maximum absolute atomic E-state index is 13.6. The van der Waals surface area contributed by atoms with Crippen LogP contribution in [0.3, 0.4) is 0 Å². The lowest BCUT2D eigenvalue weighted by Crippen LogP contribution is -2.50. The zero-order valence-corrected chi connectivity index (χ0v) is 23.6. The third-order valence-corrected chi connectivity index (χ3v) is 8.48. The van der Waals surface area contributed by atoms with Crippen LogP contribution in [0.5, 0.6) is 5.75 Å². The fraction of sp³-hybridized carbons (Fsp3) is 0.560. The van der Waals surface area contributed by atoms with Crippen molar-refractivity contribution in [2.24, 2.45) is 5.92 Å². The molecule has 1 aliphatic heterocycles. The second kappa shape index (κ2) is 11.7. The van der Waals surface area contributed by atoms with Crippen molar-refractivity contribution in [3.63, 3.8) is 0 Å². The molecule has 2 heterocycles. The zero-order chi connectivity index (χ0) is 28.4. The number of rotatable bonds is 8. The van der Waals surface area contributed by atoms with Gasteiger partial charge >= 0.3 is 6.03 Å². The number of sulfonamides is 1.